The van der Waals surface area contributed by atoms with Gasteiger partial charge in [0.2, 0.25) is 0 Å². The fourth-order valence-corrected chi connectivity index (χ4v) is 1.90. The second-order valence-corrected chi connectivity index (χ2v) is 4.72. The van der Waals surface area contributed by atoms with Crippen LogP contribution < -0.4 is 5.32 Å². The van der Waals surface area contributed by atoms with E-state index in [0.29, 0.717) is 11.8 Å². The van der Waals surface area contributed by atoms with Crippen molar-refractivity contribution in [3.05, 3.63) is 29.8 Å². The van der Waals surface area contributed by atoms with Crippen LogP contribution >= 0.6 is 0 Å². The zero-order chi connectivity index (χ0) is 12.7. The average molecular weight is 236 g/mol. The highest BCUT2D eigenvalue weighted by Gasteiger charge is 2.08. The van der Waals surface area contributed by atoms with Crippen LogP contribution in [0.5, 0.6) is 5.75 Å². The Balaban J connectivity index is 2.50. The molecule has 0 saturated carbocycles. The van der Waals surface area contributed by atoms with Gasteiger partial charge < -0.3 is 15.3 Å². The molecule has 1 atom stereocenters. The Bertz CT molecular complexity index is 309. The third kappa shape index (κ3) is 5.71. The highest BCUT2D eigenvalue weighted by atomic mass is 16.3. The van der Waals surface area contributed by atoms with E-state index in [4.69, 9.17) is 0 Å². The summed E-state index contributed by atoms with van der Waals surface area (Å²) in [4.78, 5) is 2.21. The minimum absolute atomic E-state index is 0.335. The Morgan fingerprint density at radius 1 is 1.24 bits per heavy atom. The molecule has 96 valence electrons. The van der Waals surface area contributed by atoms with Gasteiger partial charge in [0.1, 0.15) is 5.75 Å². The summed E-state index contributed by atoms with van der Waals surface area (Å²) in [6, 6.07) is 8.01. The van der Waals surface area contributed by atoms with E-state index in [1.807, 2.05) is 12.1 Å². The number of nitrogens with zero attached hydrogens (tertiary/aromatic N) is 1. The van der Waals surface area contributed by atoms with Crippen LogP contribution in [0, 0.1) is 0 Å². The second-order valence-electron chi connectivity index (χ2n) is 4.72. The lowest BCUT2D eigenvalue weighted by atomic mass is 10.0. The number of phenols is 1. The number of rotatable bonds is 7. The molecule has 0 saturated heterocycles. The summed E-state index contributed by atoms with van der Waals surface area (Å²) in [6.45, 7) is 4.23. The van der Waals surface area contributed by atoms with E-state index in [-0.39, 0.29) is 0 Å². The first kappa shape index (κ1) is 14.0. The van der Waals surface area contributed by atoms with E-state index < -0.39 is 0 Å². The van der Waals surface area contributed by atoms with E-state index in [0.717, 1.165) is 25.9 Å². The zero-order valence-electron chi connectivity index (χ0n) is 11.1. The van der Waals surface area contributed by atoms with Gasteiger partial charge in [-0.05, 0) is 57.7 Å². The van der Waals surface area contributed by atoms with E-state index in [1.54, 1.807) is 12.1 Å². The van der Waals surface area contributed by atoms with Crippen molar-refractivity contribution in [3.8, 4) is 5.75 Å². The Morgan fingerprint density at radius 3 is 2.41 bits per heavy atom. The Morgan fingerprint density at radius 2 is 1.88 bits per heavy atom. The molecule has 1 aromatic carbocycles. The predicted molar refractivity (Wildman–Crippen MR) is 72.4 cm³/mol. The molecule has 3 heteroatoms. The molecular weight excluding hydrogens is 212 g/mol. The maximum atomic E-state index is 9.25. The molecule has 0 aliphatic rings. The third-order valence-corrected chi connectivity index (χ3v) is 2.84. The average Bonchev–Trinajstić information content (AvgIpc) is 2.29. The summed E-state index contributed by atoms with van der Waals surface area (Å²) in [5.74, 6) is 0.335. The lowest BCUT2D eigenvalue weighted by Crippen LogP contribution is -2.34. The van der Waals surface area contributed by atoms with Crippen molar-refractivity contribution < 1.29 is 5.11 Å². The molecule has 0 spiro atoms. The first-order valence-electron chi connectivity index (χ1n) is 6.28. The summed E-state index contributed by atoms with van der Waals surface area (Å²) < 4.78 is 0. The smallest absolute Gasteiger partial charge is 0.115 e. The van der Waals surface area contributed by atoms with Gasteiger partial charge in [-0.3, -0.25) is 0 Å². The fourth-order valence-electron chi connectivity index (χ4n) is 1.90. The highest BCUT2D eigenvalue weighted by molar-refractivity contribution is 5.26. The van der Waals surface area contributed by atoms with Gasteiger partial charge in [0.15, 0.2) is 0 Å². The Hall–Kier alpha value is -1.06. The lowest BCUT2D eigenvalue weighted by Gasteiger charge is -2.20. The third-order valence-electron chi connectivity index (χ3n) is 2.84. The molecule has 0 heterocycles. The van der Waals surface area contributed by atoms with Crippen LogP contribution in [0.25, 0.3) is 0 Å². The summed E-state index contributed by atoms with van der Waals surface area (Å²) in [5.41, 5.74) is 1.27. The largest absolute Gasteiger partial charge is 0.508 e. The molecule has 1 unspecified atom stereocenters. The first-order chi connectivity index (χ1) is 8.11. The van der Waals surface area contributed by atoms with Crippen molar-refractivity contribution in [2.75, 3.05) is 27.2 Å². The quantitative estimate of drug-likeness (QED) is 0.758. The van der Waals surface area contributed by atoms with Crippen LogP contribution in [-0.4, -0.2) is 43.2 Å². The van der Waals surface area contributed by atoms with Crippen LogP contribution in [0.3, 0.4) is 0 Å². The Kier molecular flexibility index (Phi) is 6.01. The minimum Gasteiger partial charge on any atom is -0.508 e. The fraction of sp³-hybridized carbons (Fsp3) is 0.571. The summed E-state index contributed by atoms with van der Waals surface area (Å²) in [5, 5.41) is 12.8. The van der Waals surface area contributed by atoms with Crippen molar-refractivity contribution in [1.29, 1.82) is 0 Å². The molecule has 0 bridgehead atoms. The number of hydrogen-bond donors (Lipinski definition) is 2. The van der Waals surface area contributed by atoms with Crippen LogP contribution in [0.15, 0.2) is 24.3 Å². The number of nitrogens with one attached hydrogen (secondary N) is 1. The predicted octanol–water partition coefficient (Wildman–Crippen LogP) is 1.86. The van der Waals surface area contributed by atoms with Crippen molar-refractivity contribution >= 4 is 0 Å². The van der Waals surface area contributed by atoms with Crippen LogP contribution in [0.2, 0.25) is 0 Å². The molecule has 3 nitrogen and oxygen atoms in total. The van der Waals surface area contributed by atoms with Gasteiger partial charge in [0.05, 0.1) is 0 Å². The molecular formula is C14H24N2O. The van der Waals surface area contributed by atoms with E-state index in [1.165, 1.54) is 5.56 Å². The topological polar surface area (TPSA) is 35.5 Å². The molecule has 17 heavy (non-hydrogen) atoms. The molecule has 0 radical (unpaired) electrons. The molecule has 2 N–H and O–H groups in total. The minimum atomic E-state index is 0.335. The number of phenolic OH excluding ortho intramolecular Hbond substituents is 1. The SMILES string of the molecule is CCNC(CCN(C)C)Cc1ccc(O)cc1. The number of aromatic hydroxyl groups is 1. The molecule has 1 aromatic rings. The molecule has 0 aliphatic heterocycles. The summed E-state index contributed by atoms with van der Waals surface area (Å²) >= 11 is 0. The first-order valence-corrected chi connectivity index (χ1v) is 6.28. The van der Waals surface area contributed by atoms with Gasteiger partial charge in [-0.15, -0.1) is 0 Å². The molecule has 0 fully saturated rings. The van der Waals surface area contributed by atoms with Gasteiger partial charge in [0, 0.05) is 6.04 Å². The summed E-state index contributed by atoms with van der Waals surface area (Å²) in [6.07, 6.45) is 2.16. The molecule has 1 rings (SSSR count). The number of benzene rings is 1. The van der Waals surface area contributed by atoms with Gasteiger partial charge >= 0.3 is 0 Å². The van der Waals surface area contributed by atoms with E-state index >= 15 is 0 Å². The number of likely N-dealkylation sites (N-methyl/N-ethyl adjacent to an activating group) is 1. The van der Waals surface area contributed by atoms with Crippen molar-refractivity contribution in [1.82, 2.24) is 10.2 Å². The standard InChI is InChI=1S/C14H24N2O/c1-4-15-13(9-10-16(2)3)11-12-5-7-14(17)8-6-12/h5-8,13,15,17H,4,9-11H2,1-3H3. The van der Waals surface area contributed by atoms with E-state index in [2.05, 4.69) is 31.2 Å². The molecule has 0 aliphatic carbocycles. The van der Waals surface area contributed by atoms with Gasteiger partial charge in [-0.25, -0.2) is 0 Å². The maximum Gasteiger partial charge on any atom is 0.115 e. The summed E-state index contributed by atoms with van der Waals surface area (Å²) in [7, 11) is 4.20. The molecule has 0 aromatic heterocycles. The molecule has 0 amide bonds. The van der Waals surface area contributed by atoms with Crippen LogP contribution in [0.4, 0.5) is 0 Å². The van der Waals surface area contributed by atoms with Crippen LogP contribution in [-0.2, 0) is 6.42 Å². The van der Waals surface area contributed by atoms with Crippen LogP contribution in [0.1, 0.15) is 18.9 Å². The number of hydrogen-bond acceptors (Lipinski definition) is 3. The van der Waals surface area contributed by atoms with Gasteiger partial charge in [0.25, 0.3) is 0 Å². The van der Waals surface area contributed by atoms with Crippen molar-refractivity contribution in [2.24, 2.45) is 0 Å². The highest BCUT2D eigenvalue weighted by Crippen LogP contribution is 2.12. The van der Waals surface area contributed by atoms with Gasteiger partial charge in [-0.1, -0.05) is 19.1 Å². The van der Waals surface area contributed by atoms with Crippen molar-refractivity contribution in [3.63, 3.8) is 0 Å². The maximum absolute atomic E-state index is 9.25. The monoisotopic (exact) mass is 236 g/mol. The Labute approximate surface area is 104 Å². The normalized spacial score (nSPS) is 12.9. The zero-order valence-corrected chi connectivity index (χ0v) is 11.1. The van der Waals surface area contributed by atoms with Crippen molar-refractivity contribution in [2.45, 2.75) is 25.8 Å². The van der Waals surface area contributed by atoms with Gasteiger partial charge in [-0.2, -0.15) is 0 Å². The lowest BCUT2D eigenvalue weighted by molar-refractivity contribution is 0.358. The second kappa shape index (κ2) is 7.30. The van der Waals surface area contributed by atoms with E-state index in [9.17, 15) is 5.11 Å².